The van der Waals surface area contributed by atoms with Gasteiger partial charge in [0.25, 0.3) is 0 Å². The zero-order chi connectivity index (χ0) is 30.2. The fourth-order valence-electron chi connectivity index (χ4n) is 5.29. The van der Waals surface area contributed by atoms with Crippen LogP contribution in [-0.2, 0) is 28.7 Å². The maximum absolute atomic E-state index is 13.6. The average Bonchev–Trinajstić information content (AvgIpc) is 3.35. The highest BCUT2D eigenvalue weighted by Crippen LogP contribution is 2.43. The lowest BCUT2D eigenvalue weighted by atomic mass is 9.89. The first-order valence-corrected chi connectivity index (χ1v) is 13.0. The Balaban J connectivity index is 1.72. The number of ether oxygens (including phenoxy) is 1. The number of halogens is 3. The van der Waals surface area contributed by atoms with Crippen molar-refractivity contribution >= 4 is 17.6 Å². The topological polar surface area (TPSA) is 108 Å². The van der Waals surface area contributed by atoms with Gasteiger partial charge in [0.05, 0.1) is 29.9 Å². The zero-order valence-corrected chi connectivity index (χ0v) is 22.9. The highest BCUT2D eigenvalue weighted by atomic mass is 19.4. The van der Waals surface area contributed by atoms with Crippen LogP contribution in [0.25, 0.3) is 0 Å². The number of aromatic amines is 1. The van der Waals surface area contributed by atoms with Crippen LogP contribution in [0.4, 0.5) is 24.8 Å². The predicted molar refractivity (Wildman–Crippen MR) is 146 cm³/mol. The Kier molecular flexibility index (Phi) is 7.43. The van der Waals surface area contributed by atoms with Crippen molar-refractivity contribution in [3.8, 4) is 6.07 Å². The van der Waals surface area contributed by atoms with E-state index in [0.29, 0.717) is 29.7 Å². The van der Waals surface area contributed by atoms with E-state index >= 15 is 0 Å². The Hall–Kier alpha value is -5.18. The lowest BCUT2D eigenvalue weighted by Gasteiger charge is -2.36. The number of alkyl halides is 3. The number of esters is 1. The number of methoxy groups -OCH3 is 1. The molecule has 0 bridgehead atoms. The summed E-state index contributed by atoms with van der Waals surface area (Å²) in [5.41, 5.74) is 1.42. The number of rotatable bonds is 6. The maximum Gasteiger partial charge on any atom is 0.416 e. The molecule has 0 saturated heterocycles. The molecule has 1 aliphatic rings. The fourth-order valence-corrected chi connectivity index (χ4v) is 5.29. The van der Waals surface area contributed by atoms with E-state index in [1.54, 1.807) is 25.1 Å². The van der Waals surface area contributed by atoms with E-state index in [1.165, 1.54) is 28.7 Å². The van der Waals surface area contributed by atoms with E-state index in [2.05, 4.69) is 16.3 Å². The fraction of sp³-hybridized carbons (Fsp3) is 0.233. The number of nitrogens with one attached hydrogen (secondary N) is 1. The molecule has 1 aliphatic heterocycles. The van der Waals surface area contributed by atoms with E-state index < -0.39 is 29.4 Å². The van der Waals surface area contributed by atoms with Gasteiger partial charge in [-0.25, -0.2) is 23.8 Å². The van der Waals surface area contributed by atoms with Gasteiger partial charge in [0, 0.05) is 36.9 Å². The Labute approximate surface area is 238 Å². The molecule has 2 aromatic carbocycles. The molecule has 2 aromatic heterocycles. The van der Waals surface area contributed by atoms with Crippen LogP contribution in [-0.4, -0.2) is 27.8 Å². The summed E-state index contributed by atoms with van der Waals surface area (Å²) in [4.78, 5) is 28.0. The number of aryl methyl sites for hydroxylation is 3. The van der Waals surface area contributed by atoms with Gasteiger partial charge in [-0.3, -0.25) is 4.90 Å². The molecular formula is C30H26F3N6O3+. The molecule has 1 N–H and O–H groups in total. The Bertz CT molecular complexity index is 1820. The van der Waals surface area contributed by atoms with Crippen LogP contribution in [0.2, 0.25) is 0 Å². The minimum absolute atomic E-state index is 0.00179. The zero-order valence-electron chi connectivity index (χ0n) is 22.9. The van der Waals surface area contributed by atoms with Gasteiger partial charge < -0.3 is 4.74 Å². The second kappa shape index (κ2) is 11.0. The number of hydrogen-bond donors (Lipinski definition) is 1. The average molecular weight is 576 g/mol. The number of benzene rings is 2. The Morgan fingerprint density at radius 3 is 2.62 bits per heavy atom. The van der Waals surface area contributed by atoms with Gasteiger partial charge in [-0.2, -0.15) is 18.4 Å². The van der Waals surface area contributed by atoms with Gasteiger partial charge in [0.2, 0.25) is 5.95 Å². The molecule has 0 amide bonds. The van der Waals surface area contributed by atoms with E-state index in [-0.39, 0.29) is 22.9 Å². The summed E-state index contributed by atoms with van der Waals surface area (Å²) in [6.07, 6.45) is -2.24. The molecule has 0 spiro atoms. The monoisotopic (exact) mass is 575 g/mol. The minimum Gasteiger partial charge on any atom is -0.466 e. The van der Waals surface area contributed by atoms with E-state index in [0.717, 1.165) is 17.8 Å². The summed E-state index contributed by atoms with van der Waals surface area (Å²) in [5.74, 6) is -0.769. The summed E-state index contributed by atoms with van der Waals surface area (Å²) in [6, 6.07) is 16.4. The lowest BCUT2D eigenvalue weighted by Crippen LogP contribution is -2.39. The Morgan fingerprint density at radius 2 is 1.93 bits per heavy atom. The van der Waals surface area contributed by atoms with Gasteiger partial charge >= 0.3 is 17.8 Å². The number of hydrogen-bond acceptors (Lipinski definition) is 6. The van der Waals surface area contributed by atoms with Crippen molar-refractivity contribution in [2.24, 2.45) is 0 Å². The Morgan fingerprint density at radius 1 is 1.14 bits per heavy atom. The molecule has 5 rings (SSSR count). The number of pyridine rings is 1. The molecule has 0 radical (unpaired) electrons. The quantitative estimate of drug-likeness (QED) is 0.268. The molecule has 0 aliphatic carbocycles. The molecule has 1 atom stereocenters. The van der Waals surface area contributed by atoms with Gasteiger partial charge in [-0.15, -0.1) is 5.10 Å². The molecule has 0 fully saturated rings. The second-order valence-corrected chi connectivity index (χ2v) is 9.79. The number of anilines is 2. The second-order valence-electron chi connectivity index (χ2n) is 9.79. The van der Waals surface area contributed by atoms with Crippen molar-refractivity contribution in [2.45, 2.75) is 39.0 Å². The summed E-state index contributed by atoms with van der Waals surface area (Å²) >= 11 is 0. The van der Waals surface area contributed by atoms with Gasteiger partial charge in [-0.1, -0.05) is 18.2 Å². The van der Waals surface area contributed by atoms with Crippen molar-refractivity contribution < 1.29 is 27.3 Å². The van der Waals surface area contributed by atoms with Crippen molar-refractivity contribution in [3.63, 3.8) is 0 Å². The number of nitriles is 1. The molecule has 0 unspecified atom stereocenters. The van der Waals surface area contributed by atoms with E-state index in [1.807, 2.05) is 35.9 Å². The number of H-pyrrole nitrogens is 1. The predicted octanol–water partition coefficient (Wildman–Crippen LogP) is 4.49. The minimum atomic E-state index is -4.62. The normalized spacial score (nSPS) is 14.9. The molecule has 0 saturated carbocycles. The van der Waals surface area contributed by atoms with Crippen LogP contribution in [0.5, 0.6) is 0 Å². The van der Waals surface area contributed by atoms with Gasteiger partial charge in [0.15, 0.2) is 18.4 Å². The third-order valence-corrected chi connectivity index (χ3v) is 7.34. The first-order valence-electron chi connectivity index (χ1n) is 13.0. The standard InChI is InChI=1S/C30H25F3N6O3/c1-18-7-4-5-13-37(18)14-12-21-15-20(17-34)10-11-24(21)26-25(27(40)42-3)19(2)38(28-35-36-29(41)39(26)28)23-9-6-8-22(16-23)30(31,32)33/h4-11,13,15-16,26H,12,14H2,1-3H3/p+1/t26-/m1/s1. The first kappa shape index (κ1) is 28.4. The third-order valence-electron chi connectivity index (χ3n) is 7.34. The number of carbonyl (C=O) groups excluding carboxylic acids is 1. The molecule has 4 aromatic rings. The SMILES string of the molecule is COC(=O)C1=C(C)N(c2cccc(C(F)(F)F)c2)c2n[nH]c(=O)n2[C@@H]1c1ccc(C#N)cc1CC[n+]1ccccc1C. The molecule has 214 valence electrons. The molecule has 42 heavy (non-hydrogen) atoms. The summed E-state index contributed by atoms with van der Waals surface area (Å²) in [7, 11) is 1.19. The molecular weight excluding hydrogens is 549 g/mol. The number of nitrogens with zero attached hydrogens (tertiary/aromatic N) is 5. The van der Waals surface area contributed by atoms with E-state index in [4.69, 9.17) is 4.74 Å². The van der Waals surface area contributed by atoms with Crippen LogP contribution >= 0.6 is 0 Å². The molecule has 3 heterocycles. The van der Waals surface area contributed by atoms with Crippen LogP contribution in [0.15, 0.2) is 82.9 Å². The van der Waals surface area contributed by atoms with Crippen molar-refractivity contribution in [1.82, 2.24) is 14.8 Å². The largest absolute Gasteiger partial charge is 0.466 e. The van der Waals surface area contributed by atoms with Gasteiger partial charge in [0.1, 0.15) is 6.04 Å². The number of allylic oxidation sites excluding steroid dienone is 1. The third kappa shape index (κ3) is 5.05. The summed E-state index contributed by atoms with van der Waals surface area (Å²) < 4.78 is 49.2. The molecule has 12 heteroatoms. The lowest BCUT2D eigenvalue weighted by molar-refractivity contribution is -0.702. The van der Waals surface area contributed by atoms with Crippen molar-refractivity contribution in [2.75, 3.05) is 12.0 Å². The van der Waals surface area contributed by atoms with Gasteiger partial charge in [-0.05, 0) is 48.4 Å². The van der Waals surface area contributed by atoms with E-state index in [9.17, 15) is 28.0 Å². The van der Waals surface area contributed by atoms with Crippen LogP contribution in [0.3, 0.4) is 0 Å². The highest BCUT2D eigenvalue weighted by molar-refractivity contribution is 5.93. The smallest absolute Gasteiger partial charge is 0.416 e. The van der Waals surface area contributed by atoms with Crippen LogP contribution < -0.4 is 15.2 Å². The summed E-state index contributed by atoms with van der Waals surface area (Å²) in [6.45, 7) is 4.07. The van der Waals surface area contributed by atoms with Crippen LogP contribution in [0.1, 0.15) is 40.9 Å². The number of aromatic nitrogens is 4. The van der Waals surface area contributed by atoms with Crippen molar-refractivity contribution in [3.05, 3.63) is 117 Å². The molecule has 9 nitrogen and oxygen atoms in total. The number of carbonyl (C=O) groups is 1. The highest BCUT2D eigenvalue weighted by Gasteiger charge is 2.41. The summed E-state index contributed by atoms with van der Waals surface area (Å²) in [5, 5.41) is 16.2. The first-order chi connectivity index (χ1) is 20.0. The van der Waals surface area contributed by atoms with Crippen molar-refractivity contribution in [1.29, 1.82) is 5.26 Å². The number of fused-ring (bicyclic) bond motifs is 1. The maximum atomic E-state index is 13.6. The van der Waals surface area contributed by atoms with Crippen LogP contribution in [0, 0.1) is 18.3 Å².